The van der Waals surface area contributed by atoms with Crippen LogP contribution in [-0.2, 0) is 0 Å². The molecule has 0 atom stereocenters. The molecule has 82 valence electrons. The molecule has 0 spiro atoms. The minimum Gasteiger partial charge on any atom is -0.487 e. The van der Waals surface area contributed by atoms with E-state index in [2.05, 4.69) is 15.9 Å². The zero-order valence-corrected chi connectivity index (χ0v) is 9.69. The number of hydrogen-bond donors (Lipinski definition) is 0. The number of ether oxygens (including phenoxy) is 1. The molecule has 1 fully saturated rings. The minimum absolute atomic E-state index is 0.0163. The summed E-state index contributed by atoms with van der Waals surface area (Å²) in [4.78, 5) is 0. The molecule has 0 saturated heterocycles. The van der Waals surface area contributed by atoms with Crippen LogP contribution in [0.2, 0.25) is 0 Å². The molecular weight excluding hydrogens is 266 g/mol. The van der Waals surface area contributed by atoms with Crippen LogP contribution in [0.4, 0.5) is 8.78 Å². The molecule has 1 aliphatic carbocycles. The Morgan fingerprint density at radius 2 is 1.80 bits per heavy atom. The topological polar surface area (TPSA) is 9.23 Å². The van der Waals surface area contributed by atoms with Gasteiger partial charge in [-0.2, -0.15) is 4.39 Å². The molecule has 1 saturated carbocycles. The molecular formula is C11H11BrF2O. The highest BCUT2D eigenvalue weighted by Gasteiger charge is 2.20. The van der Waals surface area contributed by atoms with Crippen molar-refractivity contribution in [2.75, 3.05) is 0 Å². The molecule has 2 rings (SSSR count). The molecule has 0 aromatic heterocycles. The second kappa shape index (κ2) is 4.47. The lowest BCUT2D eigenvalue weighted by atomic mass is 10.3. The Labute approximate surface area is 95.6 Å². The molecule has 0 amide bonds. The van der Waals surface area contributed by atoms with E-state index in [-0.39, 0.29) is 16.3 Å². The largest absolute Gasteiger partial charge is 0.487 e. The maximum Gasteiger partial charge on any atom is 0.201 e. The van der Waals surface area contributed by atoms with Crippen LogP contribution in [0.1, 0.15) is 25.7 Å². The highest BCUT2D eigenvalue weighted by molar-refractivity contribution is 9.10. The highest BCUT2D eigenvalue weighted by Crippen LogP contribution is 2.29. The zero-order valence-electron chi connectivity index (χ0n) is 8.10. The van der Waals surface area contributed by atoms with E-state index in [4.69, 9.17) is 4.74 Å². The summed E-state index contributed by atoms with van der Waals surface area (Å²) in [6.07, 6.45) is 4.10. The summed E-state index contributed by atoms with van der Waals surface area (Å²) in [5, 5.41) is 0. The van der Waals surface area contributed by atoms with Crippen LogP contribution in [0.15, 0.2) is 16.6 Å². The number of halogens is 3. The van der Waals surface area contributed by atoms with Crippen LogP contribution in [0.5, 0.6) is 5.75 Å². The van der Waals surface area contributed by atoms with Gasteiger partial charge in [0.2, 0.25) is 5.82 Å². The Hall–Kier alpha value is -0.640. The van der Waals surface area contributed by atoms with Crippen LogP contribution in [0.25, 0.3) is 0 Å². The standard InChI is InChI=1S/C11H11BrF2O/c12-8-5-6-9(11(14)10(8)13)15-7-3-1-2-4-7/h5-7H,1-4H2. The van der Waals surface area contributed by atoms with Crippen molar-refractivity contribution in [3.63, 3.8) is 0 Å². The van der Waals surface area contributed by atoms with Crippen LogP contribution < -0.4 is 4.74 Å². The Bertz CT molecular complexity index is 362. The summed E-state index contributed by atoms with van der Waals surface area (Å²) in [5.74, 6) is -1.77. The van der Waals surface area contributed by atoms with Crippen LogP contribution >= 0.6 is 15.9 Å². The van der Waals surface area contributed by atoms with Gasteiger partial charge in [0.15, 0.2) is 11.6 Å². The summed E-state index contributed by atoms with van der Waals surface area (Å²) in [6.45, 7) is 0. The molecule has 0 N–H and O–H groups in total. The van der Waals surface area contributed by atoms with Crippen molar-refractivity contribution in [2.24, 2.45) is 0 Å². The van der Waals surface area contributed by atoms with E-state index < -0.39 is 11.6 Å². The number of benzene rings is 1. The number of hydrogen-bond acceptors (Lipinski definition) is 1. The van der Waals surface area contributed by atoms with Crippen molar-refractivity contribution in [1.82, 2.24) is 0 Å². The van der Waals surface area contributed by atoms with Gasteiger partial charge in [-0.1, -0.05) is 0 Å². The SMILES string of the molecule is Fc1c(Br)ccc(OC2CCCC2)c1F. The van der Waals surface area contributed by atoms with Gasteiger partial charge in [-0.05, 0) is 53.7 Å². The average Bonchev–Trinajstić information content (AvgIpc) is 2.72. The second-order valence-corrected chi connectivity index (χ2v) is 4.55. The van der Waals surface area contributed by atoms with E-state index in [1.165, 1.54) is 12.1 Å². The highest BCUT2D eigenvalue weighted by atomic mass is 79.9. The van der Waals surface area contributed by atoms with E-state index in [0.717, 1.165) is 25.7 Å². The molecule has 1 aromatic rings. The molecule has 4 heteroatoms. The normalized spacial score (nSPS) is 17.0. The molecule has 1 aliphatic rings. The summed E-state index contributed by atoms with van der Waals surface area (Å²) in [6, 6.07) is 2.92. The lowest BCUT2D eigenvalue weighted by Gasteiger charge is -2.13. The lowest BCUT2D eigenvalue weighted by Crippen LogP contribution is -2.12. The van der Waals surface area contributed by atoms with Gasteiger partial charge in [0, 0.05) is 0 Å². The van der Waals surface area contributed by atoms with Gasteiger partial charge >= 0.3 is 0 Å². The minimum atomic E-state index is -0.906. The van der Waals surface area contributed by atoms with Gasteiger partial charge in [0.1, 0.15) is 0 Å². The van der Waals surface area contributed by atoms with E-state index in [1.54, 1.807) is 0 Å². The van der Waals surface area contributed by atoms with Crippen molar-refractivity contribution in [3.8, 4) is 5.75 Å². The fourth-order valence-electron chi connectivity index (χ4n) is 1.78. The first kappa shape index (κ1) is 10.9. The van der Waals surface area contributed by atoms with Gasteiger partial charge in [0.25, 0.3) is 0 Å². The molecule has 0 aliphatic heterocycles. The first-order valence-corrected chi connectivity index (χ1v) is 5.78. The Kier molecular flexibility index (Phi) is 3.24. The molecule has 0 bridgehead atoms. The van der Waals surface area contributed by atoms with Crippen molar-refractivity contribution in [1.29, 1.82) is 0 Å². The van der Waals surface area contributed by atoms with Gasteiger partial charge in [-0.25, -0.2) is 4.39 Å². The summed E-state index contributed by atoms with van der Waals surface area (Å²) >= 11 is 2.92. The van der Waals surface area contributed by atoms with Crippen LogP contribution in [-0.4, -0.2) is 6.10 Å². The number of rotatable bonds is 2. The van der Waals surface area contributed by atoms with Crippen molar-refractivity contribution < 1.29 is 13.5 Å². The molecule has 0 heterocycles. The Balaban J connectivity index is 2.17. The predicted molar refractivity (Wildman–Crippen MR) is 56.9 cm³/mol. The van der Waals surface area contributed by atoms with Crippen molar-refractivity contribution in [2.45, 2.75) is 31.8 Å². The van der Waals surface area contributed by atoms with E-state index >= 15 is 0 Å². The third kappa shape index (κ3) is 2.30. The van der Waals surface area contributed by atoms with Gasteiger partial charge in [0.05, 0.1) is 10.6 Å². The summed E-state index contributed by atoms with van der Waals surface area (Å²) < 4.78 is 32.1. The third-order valence-corrected chi connectivity index (χ3v) is 3.21. The summed E-state index contributed by atoms with van der Waals surface area (Å²) in [7, 11) is 0. The first-order valence-electron chi connectivity index (χ1n) is 4.98. The maximum atomic E-state index is 13.4. The molecule has 1 aromatic carbocycles. The van der Waals surface area contributed by atoms with Gasteiger partial charge in [-0.15, -0.1) is 0 Å². The van der Waals surface area contributed by atoms with Gasteiger partial charge < -0.3 is 4.74 Å². The van der Waals surface area contributed by atoms with Crippen molar-refractivity contribution >= 4 is 15.9 Å². The molecule has 1 nitrogen and oxygen atoms in total. The quantitative estimate of drug-likeness (QED) is 0.741. The monoisotopic (exact) mass is 276 g/mol. The Morgan fingerprint density at radius 1 is 1.13 bits per heavy atom. The Morgan fingerprint density at radius 3 is 2.47 bits per heavy atom. The van der Waals surface area contributed by atoms with Crippen LogP contribution in [0.3, 0.4) is 0 Å². The fourth-order valence-corrected chi connectivity index (χ4v) is 2.09. The predicted octanol–water partition coefficient (Wildman–Crippen LogP) is 4.05. The van der Waals surface area contributed by atoms with E-state index in [1.807, 2.05) is 0 Å². The smallest absolute Gasteiger partial charge is 0.201 e. The molecule has 15 heavy (non-hydrogen) atoms. The average molecular weight is 277 g/mol. The molecule has 0 radical (unpaired) electrons. The van der Waals surface area contributed by atoms with Crippen molar-refractivity contribution in [3.05, 3.63) is 28.2 Å². The summed E-state index contributed by atoms with van der Waals surface area (Å²) in [5.41, 5.74) is 0. The third-order valence-electron chi connectivity index (χ3n) is 2.60. The lowest BCUT2D eigenvalue weighted by molar-refractivity contribution is 0.198. The first-order chi connectivity index (χ1) is 7.18. The van der Waals surface area contributed by atoms with Crippen LogP contribution in [0, 0.1) is 11.6 Å². The van der Waals surface area contributed by atoms with Gasteiger partial charge in [-0.3, -0.25) is 0 Å². The molecule has 0 unspecified atom stereocenters. The fraction of sp³-hybridized carbons (Fsp3) is 0.455. The zero-order chi connectivity index (χ0) is 10.8. The second-order valence-electron chi connectivity index (χ2n) is 3.70. The van der Waals surface area contributed by atoms with E-state index in [0.29, 0.717) is 0 Å². The maximum absolute atomic E-state index is 13.4. The van der Waals surface area contributed by atoms with E-state index in [9.17, 15) is 8.78 Å².